The molecule has 0 unspecified atom stereocenters. The Labute approximate surface area is 114 Å². The first-order valence-corrected chi connectivity index (χ1v) is 6.80. The molecule has 104 valence electrons. The van der Waals surface area contributed by atoms with Crippen LogP contribution in [-0.2, 0) is 4.79 Å². The van der Waals surface area contributed by atoms with Crippen molar-refractivity contribution in [3.05, 3.63) is 24.3 Å². The van der Waals surface area contributed by atoms with Gasteiger partial charge in [0.2, 0.25) is 5.91 Å². The highest BCUT2D eigenvalue weighted by molar-refractivity contribution is 5.90. The predicted molar refractivity (Wildman–Crippen MR) is 76.5 cm³/mol. The van der Waals surface area contributed by atoms with Crippen LogP contribution in [0.4, 0.5) is 5.69 Å². The molecule has 0 saturated carbocycles. The second-order valence-corrected chi connectivity index (χ2v) is 5.23. The second kappa shape index (κ2) is 6.57. The van der Waals surface area contributed by atoms with Gasteiger partial charge in [0.25, 0.3) is 0 Å². The van der Waals surface area contributed by atoms with E-state index in [2.05, 4.69) is 17.3 Å². The van der Waals surface area contributed by atoms with Crippen molar-refractivity contribution < 1.29 is 9.53 Å². The number of anilines is 1. The second-order valence-electron chi connectivity index (χ2n) is 5.23. The number of amides is 1. The van der Waals surface area contributed by atoms with Crippen LogP contribution in [0.25, 0.3) is 0 Å². The number of carbonyl (C=O) groups is 1. The lowest BCUT2D eigenvalue weighted by Crippen LogP contribution is -2.31. The van der Waals surface area contributed by atoms with Gasteiger partial charge in [0.05, 0.1) is 7.11 Å². The van der Waals surface area contributed by atoms with Gasteiger partial charge in [-0.15, -0.1) is 0 Å². The van der Waals surface area contributed by atoms with Crippen molar-refractivity contribution in [3.63, 3.8) is 0 Å². The van der Waals surface area contributed by atoms with Gasteiger partial charge in [0.15, 0.2) is 0 Å². The van der Waals surface area contributed by atoms with E-state index < -0.39 is 0 Å². The summed E-state index contributed by atoms with van der Waals surface area (Å²) in [6.45, 7) is 2.20. The molecule has 1 aliphatic rings. The molecule has 1 aromatic rings. The molecule has 1 heterocycles. The minimum atomic E-state index is 0.111. The van der Waals surface area contributed by atoms with Crippen molar-refractivity contribution in [1.29, 1.82) is 0 Å². The fourth-order valence-corrected chi connectivity index (χ4v) is 2.41. The Morgan fingerprint density at radius 3 is 2.53 bits per heavy atom. The molecule has 1 aliphatic heterocycles. The number of benzene rings is 1. The summed E-state index contributed by atoms with van der Waals surface area (Å²) in [6, 6.07) is 7.44. The molecule has 1 fully saturated rings. The minimum Gasteiger partial charge on any atom is -0.497 e. The normalized spacial score (nSPS) is 17.2. The van der Waals surface area contributed by atoms with Gasteiger partial charge in [-0.1, -0.05) is 0 Å². The lowest BCUT2D eigenvalue weighted by molar-refractivity contribution is -0.117. The third-order valence-corrected chi connectivity index (χ3v) is 3.69. The SMILES string of the molecule is COc1ccc(NC(=O)CC2CCN(C)CC2)cc1. The number of methoxy groups -OCH3 is 1. The average Bonchev–Trinajstić information content (AvgIpc) is 2.42. The fourth-order valence-electron chi connectivity index (χ4n) is 2.41. The van der Waals surface area contributed by atoms with Crippen molar-refractivity contribution in [2.45, 2.75) is 19.3 Å². The molecule has 0 bridgehead atoms. The molecule has 0 aromatic heterocycles. The molecule has 1 amide bonds. The van der Waals surface area contributed by atoms with E-state index in [9.17, 15) is 4.79 Å². The Morgan fingerprint density at radius 1 is 1.32 bits per heavy atom. The molecule has 2 rings (SSSR count). The molecule has 1 aromatic carbocycles. The van der Waals surface area contributed by atoms with Crippen LogP contribution < -0.4 is 10.1 Å². The number of likely N-dealkylation sites (tertiary alicyclic amines) is 1. The van der Waals surface area contributed by atoms with E-state index in [1.165, 1.54) is 0 Å². The standard InChI is InChI=1S/C15H22N2O2/c1-17-9-7-12(8-10-17)11-15(18)16-13-3-5-14(19-2)6-4-13/h3-6,12H,7-11H2,1-2H3,(H,16,18). The molecular formula is C15H22N2O2. The number of hydrogen-bond acceptors (Lipinski definition) is 3. The van der Waals surface area contributed by atoms with Crippen LogP contribution in [0.15, 0.2) is 24.3 Å². The fraction of sp³-hybridized carbons (Fsp3) is 0.533. The zero-order chi connectivity index (χ0) is 13.7. The van der Waals surface area contributed by atoms with E-state index >= 15 is 0 Å². The van der Waals surface area contributed by atoms with Crippen molar-refractivity contribution in [3.8, 4) is 5.75 Å². The molecule has 0 atom stereocenters. The van der Waals surface area contributed by atoms with E-state index in [0.29, 0.717) is 12.3 Å². The van der Waals surface area contributed by atoms with Gasteiger partial charge in [-0.2, -0.15) is 0 Å². The Balaban J connectivity index is 1.80. The highest BCUT2D eigenvalue weighted by Crippen LogP contribution is 2.21. The van der Waals surface area contributed by atoms with Gasteiger partial charge in [0.1, 0.15) is 5.75 Å². The summed E-state index contributed by atoms with van der Waals surface area (Å²) < 4.78 is 5.09. The highest BCUT2D eigenvalue weighted by Gasteiger charge is 2.19. The predicted octanol–water partition coefficient (Wildman–Crippen LogP) is 2.37. The Hall–Kier alpha value is -1.55. The number of piperidine rings is 1. The summed E-state index contributed by atoms with van der Waals surface area (Å²) >= 11 is 0. The average molecular weight is 262 g/mol. The van der Waals surface area contributed by atoms with Crippen molar-refractivity contribution in [2.24, 2.45) is 5.92 Å². The Bertz CT molecular complexity index is 409. The lowest BCUT2D eigenvalue weighted by Gasteiger charge is -2.28. The zero-order valence-corrected chi connectivity index (χ0v) is 11.7. The maximum atomic E-state index is 12.0. The molecule has 0 radical (unpaired) electrons. The van der Waals surface area contributed by atoms with Crippen LogP contribution in [0.5, 0.6) is 5.75 Å². The molecule has 1 saturated heterocycles. The number of hydrogen-bond donors (Lipinski definition) is 1. The van der Waals surface area contributed by atoms with E-state index in [0.717, 1.165) is 37.4 Å². The maximum absolute atomic E-state index is 12.0. The van der Waals surface area contributed by atoms with E-state index in [-0.39, 0.29) is 5.91 Å². The highest BCUT2D eigenvalue weighted by atomic mass is 16.5. The molecule has 0 aliphatic carbocycles. The van der Waals surface area contributed by atoms with Crippen LogP contribution in [0.3, 0.4) is 0 Å². The van der Waals surface area contributed by atoms with E-state index in [1.807, 2.05) is 24.3 Å². The topological polar surface area (TPSA) is 41.6 Å². The Kier molecular flexibility index (Phi) is 4.80. The minimum absolute atomic E-state index is 0.111. The number of nitrogens with zero attached hydrogens (tertiary/aromatic N) is 1. The van der Waals surface area contributed by atoms with Gasteiger partial charge in [-0.05, 0) is 63.2 Å². The van der Waals surface area contributed by atoms with Crippen molar-refractivity contribution in [2.75, 3.05) is 32.6 Å². The third kappa shape index (κ3) is 4.24. The first-order chi connectivity index (χ1) is 9.17. The van der Waals surface area contributed by atoms with Gasteiger partial charge in [0, 0.05) is 12.1 Å². The van der Waals surface area contributed by atoms with Crippen LogP contribution in [0.2, 0.25) is 0 Å². The van der Waals surface area contributed by atoms with Crippen molar-refractivity contribution >= 4 is 11.6 Å². The number of ether oxygens (including phenoxy) is 1. The number of carbonyl (C=O) groups excluding carboxylic acids is 1. The van der Waals surface area contributed by atoms with E-state index in [1.54, 1.807) is 7.11 Å². The molecule has 0 spiro atoms. The van der Waals surface area contributed by atoms with E-state index in [4.69, 9.17) is 4.74 Å². The Morgan fingerprint density at radius 2 is 1.95 bits per heavy atom. The third-order valence-electron chi connectivity index (χ3n) is 3.69. The van der Waals surface area contributed by atoms with Crippen LogP contribution >= 0.6 is 0 Å². The maximum Gasteiger partial charge on any atom is 0.224 e. The summed E-state index contributed by atoms with van der Waals surface area (Å²) in [7, 11) is 3.77. The first kappa shape index (κ1) is 13.9. The smallest absolute Gasteiger partial charge is 0.224 e. The molecule has 4 heteroatoms. The summed E-state index contributed by atoms with van der Waals surface area (Å²) in [5.74, 6) is 1.43. The molecule has 19 heavy (non-hydrogen) atoms. The largest absolute Gasteiger partial charge is 0.497 e. The van der Waals surface area contributed by atoms with Crippen molar-refractivity contribution in [1.82, 2.24) is 4.90 Å². The summed E-state index contributed by atoms with van der Waals surface area (Å²) in [4.78, 5) is 14.3. The molecule has 1 N–H and O–H groups in total. The quantitative estimate of drug-likeness (QED) is 0.905. The summed E-state index contributed by atoms with van der Waals surface area (Å²) in [5, 5.41) is 2.94. The monoisotopic (exact) mass is 262 g/mol. The summed E-state index contributed by atoms with van der Waals surface area (Å²) in [6.07, 6.45) is 2.86. The molecule has 4 nitrogen and oxygen atoms in total. The van der Waals surface area contributed by atoms with Gasteiger partial charge in [-0.25, -0.2) is 0 Å². The number of rotatable bonds is 4. The zero-order valence-electron chi connectivity index (χ0n) is 11.7. The molecular weight excluding hydrogens is 240 g/mol. The number of nitrogens with one attached hydrogen (secondary N) is 1. The van der Waals surface area contributed by atoms with Crippen LogP contribution in [0, 0.1) is 5.92 Å². The first-order valence-electron chi connectivity index (χ1n) is 6.80. The van der Waals surface area contributed by atoms with Gasteiger partial charge in [-0.3, -0.25) is 4.79 Å². The van der Waals surface area contributed by atoms with Crippen LogP contribution in [0.1, 0.15) is 19.3 Å². The van der Waals surface area contributed by atoms with Crippen LogP contribution in [-0.4, -0.2) is 38.1 Å². The van der Waals surface area contributed by atoms with Gasteiger partial charge < -0.3 is 15.0 Å². The van der Waals surface area contributed by atoms with Gasteiger partial charge >= 0.3 is 0 Å². The summed E-state index contributed by atoms with van der Waals surface area (Å²) in [5.41, 5.74) is 0.832. The lowest BCUT2D eigenvalue weighted by atomic mass is 9.93.